The molecule has 0 heterocycles. The molecule has 3 atom stereocenters. The molecule has 19 heavy (non-hydrogen) atoms. The van der Waals surface area contributed by atoms with Gasteiger partial charge in [0.2, 0.25) is 0 Å². The fourth-order valence-corrected chi connectivity index (χ4v) is 3.86. The molecule has 0 aromatic rings. The van der Waals surface area contributed by atoms with Crippen LogP contribution >= 0.6 is 0 Å². The summed E-state index contributed by atoms with van der Waals surface area (Å²) in [5.41, 5.74) is -0.0562. The van der Waals surface area contributed by atoms with Crippen LogP contribution in [0.5, 0.6) is 0 Å². The molecule has 1 aliphatic carbocycles. The van der Waals surface area contributed by atoms with Gasteiger partial charge in [-0.15, -0.1) is 0 Å². The zero-order valence-electron chi connectivity index (χ0n) is 13.8. The van der Waals surface area contributed by atoms with Gasteiger partial charge in [-0.25, -0.2) is 0 Å². The van der Waals surface area contributed by atoms with E-state index in [9.17, 15) is 0 Å². The summed E-state index contributed by atoms with van der Waals surface area (Å²) in [6, 6.07) is 0.498. The fourth-order valence-electron chi connectivity index (χ4n) is 3.86. The Kier molecular flexibility index (Phi) is 7.38. The van der Waals surface area contributed by atoms with Crippen molar-refractivity contribution >= 4 is 0 Å². The number of hydrogen-bond donors (Lipinski definition) is 1. The van der Waals surface area contributed by atoms with Crippen LogP contribution in [0.15, 0.2) is 0 Å². The Morgan fingerprint density at radius 2 is 1.84 bits per heavy atom. The minimum absolute atomic E-state index is 0.0562. The van der Waals surface area contributed by atoms with Crippen molar-refractivity contribution in [3.8, 4) is 0 Å². The van der Waals surface area contributed by atoms with E-state index in [-0.39, 0.29) is 5.60 Å². The topological polar surface area (TPSA) is 21.3 Å². The second-order valence-corrected chi connectivity index (χ2v) is 6.58. The summed E-state index contributed by atoms with van der Waals surface area (Å²) in [4.78, 5) is 0. The Hall–Kier alpha value is -0.0800. The molecule has 1 fully saturated rings. The number of nitrogens with one attached hydrogen (secondary N) is 1. The minimum atomic E-state index is -0.0562. The van der Waals surface area contributed by atoms with Crippen molar-refractivity contribution in [2.75, 3.05) is 13.2 Å². The van der Waals surface area contributed by atoms with Crippen LogP contribution in [0.4, 0.5) is 0 Å². The van der Waals surface area contributed by atoms with E-state index >= 15 is 0 Å². The Labute approximate surface area is 120 Å². The van der Waals surface area contributed by atoms with Crippen molar-refractivity contribution < 1.29 is 4.74 Å². The van der Waals surface area contributed by atoms with E-state index in [4.69, 9.17) is 4.74 Å². The molecule has 1 rings (SSSR count). The molecule has 0 saturated heterocycles. The van der Waals surface area contributed by atoms with E-state index in [1.807, 2.05) is 0 Å². The van der Waals surface area contributed by atoms with Crippen LogP contribution in [0.3, 0.4) is 0 Å². The highest BCUT2D eigenvalue weighted by atomic mass is 16.5. The molecule has 0 aromatic carbocycles. The predicted molar refractivity (Wildman–Crippen MR) is 83.5 cm³/mol. The maximum Gasteiger partial charge on any atom is 0.0781 e. The van der Waals surface area contributed by atoms with E-state index in [0.717, 1.165) is 25.0 Å². The number of hydrogen-bond acceptors (Lipinski definition) is 2. The highest BCUT2D eigenvalue weighted by Crippen LogP contribution is 2.38. The summed E-state index contributed by atoms with van der Waals surface area (Å²) in [6.07, 6.45) is 8.11. The first-order valence-electron chi connectivity index (χ1n) is 8.44. The summed E-state index contributed by atoms with van der Waals surface area (Å²) < 4.78 is 6.07. The lowest BCUT2D eigenvalue weighted by atomic mass is 9.70. The molecule has 1 saturated carbocycles. The standard InChI is InChI=1S/C17H35NO/c1-6-13-18-16(17(4,5)19-8-3)15-12-10-9-11-14(15)7-2/h14-16,18H,6-13H2,1-5H3. The van der Waals surface area contributed by atoms with Crippen molar-refractivity contribution in [3.63, 3.8) is 0 Å². The van der Waals surface area contributed by atoms with Crippen LogP contribution in [0.1, 0.15) is 73.1 Å². The monoisotopic (exact) mass is 269 g/mol. The summed E-state index contributed by atoms with van der Waals surface area (Å²) in [5, 5.41) is 3.80. The van der Waals surface area contributed by atoms with Crippen LogP contribution in [-0.2, 0) is 4.74 Å². The van der Waals surface area contributed by atoms with Crippen LogP contribution in [-0.4, -0.2) is 24.8 Å². The van der Waals surface area contributed by atoms with Gasteiger partial charge in [0.25, 0.3) is 0 Å². The molecule has 2 heteroatoms. The minimum Gasteiger partial charge on any atom is -0.374 e. The lowest BCUT2D eigenvalue weighted by molar-refractivity contribution is -0.0654. The Balaban J connectivity index is 2.81. The van der Waals surface area contributed by atoms with Gasteiger partial charge >= 0.3 is 0 Å². The van der Waals surface area contributed by atoms with Crippen molar-refractivity contribution in [2.45, 2.75) is 84.8 Å². The first-order chi connectivity index (χ1) is 9.06. The van der Waals surface area contributed by atoms with Crippen molar-refractivity contribution in [2.24, 2.45) is 11.8 Å². The average molecular weight is 269 g/mol. The lowest BCUT2D eigenvalue weighted by Gasteiger charge is -2.45. The summed E-state index contributed by atoms with van der Waals surface area (Å²) >= 11 is 0. The number of ether oxygens (including phenoxy) is 1. The molecule has 0 radical (unpaired) electrons. The molecule has 1 aliphatic rings. The number of rotatable bonds is 8. The largest absolute Gasteiger partial charge is 0.374 e. The van der Waals surface area contributed by atoms with Gasteiger partial charge in [0.1, 0.15) is 0 Å². The van der Waals surface area contributed by atoms with E-state index in [0.29, 0.717) is 6.04 Å². The summed E-state index contributed by atoms with van der Waals surface area (Å²) in [5.74, 6) is 1.66. The van der Waals surface area contributed by atoms with Crippen LogP contribution in [0, 0.1) is 11.8 Å². The van der Waals surface area contributed by atoms with E-state index in [2.05, 4.69) is 39.9 Å². The third-order valence-corrected chi connectivity index (χ3v) is 4.80. The molecular formula is C17H35NO. The smallest absolute Gasteiger partial charge is 0.0781 e. The van der Waals surface area contributed by atoms with Crippen LogP contribution in [0.25, 0.3) is 0 Å². The van der Waals surface area contributed by atoms with Crippen molar-refractivity contribution in [3.05, 3.63) is 0 Å². The first kappa shape index (κ1) is 17.0. The Morgan fingerprint density at radius 1 is 1.16 bits per heavy atom. The van der Waals surface area contributed by atoms with Gasteiger partial charge in [0.15, 0.2) is 0 Å². The van der Waals surface area contributed by atoms with Gasteiger partial charge in [-0.3, -0.25) is 0 Å². The van der Waals surface area contributed by atoms with E-state index in [1.54, 1.807) is 0 Å². The fraction of sp³-hybridized carbons (Fsp3) is 1.00. The van der Waals surface area contributed by atoms with Gasteiger partial charge in [0.05, 0.1) is 5.60 Å². The second-order valence-electron chi connectivity index (χ2n) is 6.58. The Morgan fingerprint density at radius 3 is 2.42 bits per heavy atom. The van der Waals surface area contributed by atoms with Crippen LogP contribution < -0.4 is 5.32 Å². The van der Waals surface area contributed by atoms with Gasteiger partial charge in [-0.1, -0.05) is 39.5 Å². The van der Waals surface area contributed by atoms with Crippen molar-refractivity contribution in [1.29, 1.82) is 0 Å². The molecule has 114 valence electrons. The SMILES string of the molecule is CCCNC(C1CCCCC1CC)C(C)(C)OCC. The maximum absolute atomic E-state index is 6.07. The molecule has 1 N–H and O–H groups in total. The third-order valence-electron chi connectivity index (χ3n) is 4.80. The average Bonchev–Trinajstić information content (AvgIpc) is 2.39. The van der Waals surface area contributed by atoms with E-state index < -0.39 is 0 Å². The lowest BCUT2D eigenvalue weighted by Crippen LogP contribution is -2.55. The third kappa shape index (κ3) is 4.75. The maximum atomic E-state index is 6.07. The van der Waals surface area contributed by atoms with Gasteiger partial charge in [0, 0.05) is 12.6 Å². The van der Waals surface area contributed by atoms with Gasteiger partial charge in [-0.2, -0.15) is 0 Å². The van der Waals surface area contributed by atoms with Crippen molar-refractivity contribution in [1.82, 2.24) is 5.32 Å². The zero-order chi connectivity index (χ0) is 14.3. The highest BCUT2D eigenvalue weighted by molar-refractivity contribution is 4.94. The predicted octanol–water partition coefficient (Wildman–Crippen LogP) is 4.39. The second kappa shape index (κ2) is 8.26. The molecule has 0 amide bonds. The molecule has 3 unspecified atom stereocenters. The molecule has 2 nitrogen and oxygen atoms in total. The first-order valence-corrected chi connectivity index (χ1v) is 8.44. The quantitative estimate of drug-likeness (QED) is 0.706. The molecule has 0 bridgehead atoms. The molecule has 0 spiro atoms. The normalized spacial score (nSPS) is 26.4. The van der Waals surface area contributed by atoms with Gasteiger partial charge < -0.3 is 10.1 Å². The van der Waals surface area contributed by atoms with E-state index in [1.165, 1.54) is 38.5 Å². The van der Waals surface area contributed by atoms with Crippen LogP contribution in [0.2, 0.25) is 0 Å². The Bertz CT molecular complexity index is 239. The molecular weight excluding hydrogens is 234 g/mol. The summed E-state index contributed by atoms with van der Waals surface area (Å²) in [6.45, 7) is 13.2. The van der Waals surface area contributed by atoms with Gasteiger partial charge in [-0.05, 0) is 52.0 Å². The zero-order valence-corrected chi connectivity index (χ0v) is 13.8. The molecule has 0 aliphatic heterocycles. The summed E-state index contributed by atoms with van der Waals surface area (Å²) in [7, 11) is 0. The molecule has 0 aromatic heterocycles. The highest BCUT2D eigenvalue weighted by Gasteiger charge is 2.39.